The Hall–Kier alpha value is -2.01. The van der Waals surface area contributed by atoms with E-state index in [9.17, 15) is 4.79 Å². The number of hydrogen-bond donors (Lipinski definition) is 0. The van der Waals surface area contributed by atoms with Gasteiger partial charge in [0, 0.05) is 5.38 Å². The Labute approximate surface area is 115 Å². The molecule has 4 nitrogen and oxygen atoms in total. The van der Waals surface area contributed by atoms with Crippen molar-refractivity contribution >= 4 is 17.1 Å². The summed E-state index contributed by atoms with van der Waals surface area (Å²) in [6.07, 6.45) is 0. The van der Waals surface area contributed by atoms with Gasteiger partial charge in [0.25, 0.3) is 0 Å². The summed E-state index contributed by atoms with van der Waals surface area (Å²) in [5, 5.41) is 1.75. The smallest absolute Gasteiger partial charge is 0.210 e. The summed E-state index contributed by atoms with van der Waals surface area (Å²) in [6.45, 7) is 0. The quantitative estimate of drug-likeness (QED) is 0.789. The summed E-state index contributed by atoms with van der Waals surface area (Å²) in [5.74, 6) is 1.43. The third kappa shape index (κ3) is 2.42. The van der Waals surface area contributed by atoms with Crippen LogP contribution in [0, 0.1) is 0 Å². The second kappa shape index (κ2) is 5.75. The van der Waals surface area contributed by atoms with Crippen LogP contribution < -0.4 is 14.2 Å². The van der Waals surface area contributed by atoms with Crippen molar-refractivity contribution in [1.82, 2.24) is 0 Å². The van der Waals surface area contributed by atoms with Gasteiger partial charge in [0.1, 0.15) is 10.6 Å². The molecule has 0 spiro atoms. The van der Waals surface area contributed by atoms with E-state index in [1.807, 2.05) is 6.07 Å². The molecule has 5 heteroatoms. The Morgan fingerprint density at radius 1 is 1.00 bits per heavy atom. The highest BCUT2D eigenvalue weighted by Crippen LogP contribution is 2.39. The molecule has 0 saturated carbocycles. The molecule has 0 N–H and O–H groups in total. The molecular weight excluding hydrogens is 264 g/mol. The Kier molecular flexibility index (Phi) is 4.06. The lowest BCUT2D eigenvalue weighted by Gasteiger charge is -2.08. The molecule has 0 bridgehead atoms. The number of carbonyl (C=O) groups is 1. The van der Waals surface area contributed by atoms with Crippen molar-refractivity contribution in [1.29, 1.82) is 0 Å². The Balaban J connectivity index is 2.47. The fraction of sp³-hybridized carbons (Fsp3) is 0.214. The van der Waals surface area contributed by atoms with Crippen molar-refractivity contribution in [3.63, 3.8) is 0 Å². The molecule has 0 aliphatic heterocycles. The predicted molar refractivity (Wildman–Crippen MR) is 73.8 cm³/mol. The minimum atomic E-state index is -0.136. The summed E-state index contributed by atoms with van der Waals surface area (Å²) in [6, 6.07) is 7.10. The monoisotopic (exact) mass is 278 g/mol. The number of hydrogen-bond acceptors (Lipinski definition) is 5. The van der Waals surface area contributed by atoms with Gasteiger partial charge in [-0.25, -0.2) is 0 Å². The number of thiophene rings is 1. The lowest BCUT2D eigenvalue weighted by Crippen LogP contribution is -2.03. The summed E-state index contributed by atoms with van der Waals surface area (Å²) in [7, 11) is 4.60. The van der Waals surface area contributed by atoms with Crippen LogP contribution in [0.3, 0.4) is 0 Å². The number of benzene rings is 1. The van der Waals surface area contributed by atoms with Crippen molar-refractivity contribution in [2.24, 2.45) is 0 Å². The molecule has 0 aliphatic rings. The van der Waals surface area contributed by atoms with Gasteiger partial charge in [-0.2, -0.15) is 0 Å². The lowest BCUT2D eigenvalue weighted by molar-refractivity contribution is 0.103. The van der Waals surface area contributed by atoms with Crippen LogP contribution in [0.25, 0.3) is 0 Å². The fourth-order valence-electron chi connectivity index (χ4n) is 1.78. The first-order valence-electron chi connectivity index (χ1n) is 5.60. The molecule has 1 heterocycles. The fourth-order valence-corrected chi connectivity index (χ4v) is 2.71. The lowest BCUT2D eigenvalue weighted by atomic mass is 10.1. The number of ether oxygens (including phenoxy) is 3. The summed E-state index contributed by atoms with van der Waals surface area (Å²) >= 11 is 1.29. The Morgan fingerprint density at radius 2 is 1.68 bits per heavy atom. The highest BCUT2D eigenvalue weighted by atomic mass is 32.1. The van der Waals surface area contributed by atoms with E-state index in [0.29, 0.717) is 27.7 Å². The molecule has 0 atom stereocenters. The Morgan fingerprint density at radius 3 is 2.32 bits per heavy atom. The number of methoxy groups -OCH3 is 3. The van der Waals surface area contributed by atoms with Crippen molar-refractivity contribution in [2.75, 3.05) is 21.3 Å². The van der Waals surface area contributed by atoms with Gasteiger partial charge in [-0.3, -0.25) is 4.79 Å². The molecule has 0 saturated heterocycles. The molecule has 2 rings (SSSR count). The molecule has 0 fully saturated rings. The van der Waals surface area contributed by atoms with Crippen LogP contribution in [0.1, 0.15) is 15.2 Å². The first kappa shape index (κ1) is 13.4. The number of rotatable bonds is 5. The minimum absolute atomic E-state index is 0.136. The van der Waals surface area contributed by atoms with Crippen molar-refractivity contribution in [3.05, 3.63) is 40.1 Å². The average molecular weight is 278 g/mol. The maximum Gasteiger partial charge on any atom is 0.210 e. The number of para-hydroxylation sites is 1. The van der Waals surface area contributed by atoms with Gasteiger partial charge in [-0.1, -0.05) is 12.1 Å². The van der Waals surface area contributed by atoms with Gasteiger partial charge in [-0.15, -0.1) is 11.3 Å². The number of carbonyl (C=O) groups excluding carboxylic acids is 1. The standard InChI is InChI=1S/C14H14O4S/c1-16-10-7-5-4-6-9(10)12(15)14-13(18-3)11(17-2)8-19-14/h4-8H,1-3H3. The predicted octanol–water partition coefficient (Wildman–Crippen LogP) is 3.00. The normalized spacial score (nSPS) is 10.1. The van der Waals surface area contributed by atoms with E-state index in [4.69, 9.17) is 14.2 Å². The van der Waals surface area contributed by atoms with E-state index in [2.05, 4.69) is 0 Å². The second-order valence-electron chi connectivity index (χ2n) is 3.70. The molecule has 19 heavy (non-hydrogen) atoms. The van der Waals surface area contributed by atoms with Gasteiger partial charge >= 0.3 is 0 Å². The van der Waals surface area contributed by atoms with Crippen molar-refractivity contribution in [2.45, 2.75) is 0 Å². The Bertz CT molecular complexity index is 589. The van der Waals surface area contributed by atoms with Crippen LogP contribution in [0.2, 0.25) is 0 Å². The zero-order chi connectivity index (χ0) is 13.8. The molecule has 100 valence electrons. The molecule has 1 aromatic carbocycles. The first-order chi connectivity index (χ1) is 9.22. The molecule has 0 radical (unpaired) electrons. The third-order valence-corrected chi connectivity index (χ3v) is 3.63. The van der Waals surface area contributed by atoms with E-state index in [0.717, 1.165) is 0 Å². The van der Waals surface area contributed by atoms with E-state index >= 15 is 0 Å². The summed E-state index contributed by atoms with van der Waals surface area (Å²) in [5.41, 5.74) is 0.507. The zero-order valence-electron chi connectivity index (χ0n) is 10.9. The molecule has 0 unspecified atom stereocenters. The van der Waals surface area contributed by atoms with Crippen LogP contribution in [-0.4, -0.2) is 27.1 Å². The van der Waals surface area contributed by atoms with E-state index in [-0.39, 0.29) is 5.78 Å². The second-order valence-corrected chi connectivity index (χ2v) is 4.58. The van der Waals surface area contributed by atoms with Gasteiger partial charge in [-0.05, 0) is 12.1 Å². The molecule has 1 aromatic heterocycles. The number of ketones is 1. The van der Waals surface area contributed by atoms with Gasteiger partial charge < -0.3 is 14.2 Å². The zero-order valence-corrected chi connectivity index (χ0v) is 11.7. The van der Waals surface area contributed by atoms with E-state index < -0.39 is 0 Å². The van der Waals surface area contributed by atoms with Gasteiger partial charge in [0.2, 0.25) is 5.78 Å². The molecular formula is C14H14O4S. The maximum atomic E-state index is 12.5. The van der Waals surface area contributed by atoms with Crippen LogP contribution in [0.5, 0.6) is 17.2 Å². The molecule has 2 aromatic rings. The van der Waals surface area contributed by atoms with Crippen molar-refractivity contribution < 1.29 is 19.0 Å². The van der Waals surface area contributed by atoms with Gasteiger partial charge in [0.15, 0.2) is 11.5 Å². The SMILES string of the molecule is COc1ccccc1C(=O)c1scc(OC)c1OC. The maximum absolute atomic E-state index is 12.5. The topological polar surface area (TPSA) is 44.8 Å². The summed E-state index contributed by atoms with van der Waals surface area (Å²) in [4.78, 5) is 13.0. The highest BCUT2D eigenvalue weighted by Gasteiger charge is 2.23. The van der Waals surface area contributed by atoms with Crippen LogP contribution in [0.15, 0.2) is 29.6 Å². The first-order valence-corrected chi connectivity index (χ1v) is 6.48. The van der Waals surface area contributed by atoms with Gasteiger partial charge in [0.05, 0.1) is 26.9 Å². The third-order valence-electron chi connectivity index (χ3n) is 2.70. The van der Waals surface area contributed by atoms with Crippen molar-refractivity contribution in [3.8, 4) is 17.2 Å². The van der Waals surface area contributed by atoms with E-state index in [1.54, 1.807) is 37.8 Å². The summed E-state index contributed by atoms with van der Waals surface area (Å²) < 4.78 is 15.6. The van der Waals surface area contributed by atoms with E-state index in [1.165, 1.54) is 18.4 Å². The highest BCUT2D eigenvalue weighted by molar-refractivity contribution is 7.13. The minimum Gasteiger partial charge on any atom is -0.496 e. The molecule has 0 aliphatic carbocycles. The van der Waals surface area contributed by atoms with Crippen LogP contribution in [-0.2, 0) is 0 Å². The molecule has 0 amide bonds. The van der Waals surface area contributed by atoms with Crippen LogP contribution >= 0.6 is 11.3 Å². The van der Waals surface area contributed by atoms with Crippen LogP contribution in [0.4, 0.5) is 0 Å². The average Bonchev–Trinajstić information content (AvgIpc) is 2.89. The largest absolute Gasteiger partial charge is 0.496 e.